The zero-order chi connectivity index (χ0) is 17.5. The van der Waals surface area contributed by atoms with Gasteiger partial charge in [-0.2, -0.15) is 13.2 Å². The Morgan fingerprint density at radius 1 is 1.25 bits per heavy atom. The molecule has 2 unspecified atom stereocenters. The van der Waals surface area contributed by atoms with Gasteiger partial charge in [-0.25, -0.2) is 0 Å². The molecule has 3 rings (SSSR count). The van der Waals surface area contributed by atoms with Gasteiger partial charge in [-0.05, 0) is 31.9 Å². The zero-order valence-electron chi connectivity index (χ0n) is 12.8. The predicted octanol–water partition coefficient (Wildman–Crippen LogP) is 4.31. The second-order valence-corrected chi connectivity index (χ2v) is 6.65. The van der Waals surface area contributed by atoms with Crippen molar-refractivity contribution in [3.8, 4) is 0 Å². The van der Waals surface area contributed by atoms with Crippen molar-refractivity contribution in [3.05, 3.63) is 32.8 Å². The third-order valence-electron chi connectivity index (χ3n) is 4.78. The molecule has 5 nitrogen and oxygen atoms in total. The van der Waals surface area contributed by atoms with E-state index < -0.39 is 27.4 Å². The van der Waals surface area contributed by atoms with Crippen LogP contribution in [0.2, 0.25) is 5.02 Å². The minimum Gasteiger partial charge on any atom is -0.375 e. The molecule has 9 heteroatoms. The second-order valence-electron chi connectivity index (χ2n) is 6.24. The number of nitro benzene ring substituents is 1. The largest absolute Gasteiger partial charge is 0.418 e. The van der Waals surface area contributed by atoms with Crippen LogP contribution in [0.25, 0.3) is 0 Å². The molecule has 0 saturated carbocycles. The maximum absolute atomic E-state index is 12.9. The minimum atomic E-state index is -4.73. The Balaban J connectivity index is 1.90. The molecule has 2 heterocycles. The number of alkyl halides is 3. The molecular formula is C15H17ClF3N3O2. The maximum Gasteiger partial charge on any atom is 0.418 e. The van der Waals surface area contributed by atoms with Crippen molar-refractivity contribution < 1.29 is 18.1 Å². The maximum atomic E-state index is 12.9. The van der Waals surface area contributed by atoms with E-state index in [-0.39, 0.29) is 17.8 Å². The fraction of sp³-hybridized carbons (Fsp3) is 0.600. The van der Waals surface area contributed by atoms with Crippen molar-refractivity contribution in [3.63, 3.8) is 0 Å². The Morgan fingerprint density at radius 3 is 2.67 bits per heavy atom. The van der Waals surface area contributed by atoms with Gasteiger partial charge < -0.3 is 5.32 Å². The quantitative estimate of drug-likeness (QED) is 0.642. The smallest absolute Gasteiger partial charge is 0.375 e. The van der Waals surface area contributed by atoms with Crippen LogP contribution >= 0.6 is 11.6 Å². The molecule has 1 aromatic carbocycles. The van der Waals surface area contributed by atoms with Gasteiger partial charge in [0.2, 0.25) is 0 Å². The highest BCUT2D eigenvalue weighted by atomic mass is 35.5. The van der Waals surface area contributed by atoms with E-state index in [1.165, 1.54) is 0 Å². The van der Waals surface area contributed by atoms with Gasteiger partial charge >= 0.3 is 6.18 Å². The summed E-state index contributed by atoms with van der Waals surface area (Å²) in [4.78, 5) is 12.7. The summed E-state index contributed by atoms with van der Waals surface area (Å²) in [6.45, 7) is 1.89. The van der Waals surface area contributed by atoms with Crippen molar-refractivity contribution in [1.82, 2.24) is 4.90 Å². The molecule has 0 aromatic heterocycles. The summed E-state index contributed by atoms with van der Waals surface area (Å²) in [7, 11) is 0. The minimum absolute atomic E-state index is 0.0168. The zero-order valence-corrected chi connectivity index (χ0v) is 13.5. The van der Waals surface area contributed by atoms with E-state index in [2.05, 4.69) is 10.2 Å². The topological polar surface area (TPSA) is 58.4 Å². The van der Waals surface area contributed by atoms with E-state index in [9.17, 15) is 23.3 Å². The summed E-state index contributed by atoms with van der Waals surface area (Å²) >= 11 is 5.72. The number of benzene rings is 1. The lowest BCUT2D eigenvalue weighted by atomic mass is 9.98. The number of hydrogen-bond acceptors (Lipinski definition) is 4. The van der Waals surface area contributed by atoms with E-state index in [0.29, 0.717) is 6.07 Å². The van der Waals surface area contributed by atoms with E-state index in [0.717, 1.165) is 44.8 Å². The number of halogens is 4. The number of nitro groups is 1. The van der Waals surface area contributed by atoms with Gasteiger partial charge in [0.15, 0.2) is 0 Å². The van der Waals surface area contributed by atoms with Crippen LogP contribution in [-0.2, 0) is 6.18 Å². The lowest BCUT2D eigenvalue weighted by Crippen LogP contribution is -2.41. The molecular weight excluding hydrogens is 347 g/mol. The molecule has 1 N–H and O–H groups in total. The van der Waals surface area contributed by atoms with E-state index in [4.69, 9.17) is 11.6 Å². The van der Waals surface area contributed by atoms with Crippen molar-refractivity contribution in [2.45, 2.75) is 43.9 Å². The first-order valence-corrected chi connectivity index (χ1v) is 8.21. The Labute approximate surface area is 141 Å². The first-order valence-electron chi connectivity index (χ1n) is 7.83. The fourth-order valence-electron chi connectivity index (χ4n) is 3.66. The number of anilines is 1. The monoisotopic (exact) mass is 363 g/mol. The molecule has 1 aromatic rings. The van der Waals surface area contributed by atoms with Crippen LogP contribution in [0.4, 0.5) is 24.5 Å². The number of nitrogens with zero attached hydrogens (tertiary/aromatic N) is 2. The Morgan fingerprint density at radius 2 is 2.00 bits per heavy atom. The fourth-order valence-corrected chi connectivity index (χ4v) is 3.93. The van der Waals surface area contributed by atoms with Gasteiger partial charge in [0, 0.05) is 24.7 Å². The van der Waals surface area contributed by atoms with Crippen LogP contribution in [0, 0.1) is 10.1 Å². The molecule has 2 aliphatic heterocycles. The summed E-state index contributed by atoms with van der Waals surface area (Å²) in [6, 6.07) is 1.78. The number of rotatable bonds is 3. The number of hydrogen-bond donors (Lipinski definition) is 1. The molecule has 2 saturated heterocycles. The van der Waals surface area contributed by atoms with Gasteiger partial charge in [0.25, 0.3) is 5.69 Å². The molecule has 132 valence electrons. The summed E-state index contributed by atoms with van der Waals surface area (Å²) in [5, 5.41) is 13.8. The highest BCUT2D eigenvalue weighted by Crippen LogP contribution is 2.41. The summed E-state index contributed by atoms with van der Waals surface area (Å²) in [5.41, 5.74) is -1.73. The number of fused-ring (bicyclic) bond motifs is 1. The Kier molecular flexibility index (Phi) is 4.61. The average Bonchev–Trinajstić information content (AvgIpc) is 2.89. The lowest BCUT2D eigenvalue weighted by molar-refractivity contribution is -0.384. The van der Waals surface area contributed by atoms with Gasteiger partial charge in [0.1, 0.15) is 5.69 Å². The number of piperidine rings is 1. The van der Waals surface area contributed by atoms with Gasteiger partial charge in [-0.1, -0.05) is 18.0 Å². The molecule has 24 heavy (non-hydrogen) atoms. The van der Waals surface area contributed by atoms with Crippen molar-refractivity contribution in [2.75, 3.05) is 18.4 Å². The van der Waals surface area contributed by atoms with Crippen molar-refractivity contribution in [1.29, 1.82) is 0 Å². The molecule has 0 amide bonds. The SMILES string of the molecule is O=[N+]([O-])c1cc(C(F)(F)F)c(Cl)cc1NC1CCN2CCCCC12. The summed E-state index contributed by atoms with van der Waals surface area (Å²) < 4.78 is 38.7. The van der Waals surface area contributed by atoms with Crippen molar-refractivity contribution in [2.24, 2.45) is 0 Å². The molecule has 0 bridgehead atoms. The third-order valence-corrected chi connectivity index (χ3v) is 5.10. The first-order chi connectivity index (χ1) is 11.3. The van der Waals surface area contributed by atoms with Crippen LogP contribution in [0.15, 0.2) is 12.1 Å². The Hall–Kier alpha value is -1.54. The van der Waals surface area contributed by atoms with Crippen LogP contribution in [0.1, 0.15) is 31.2 Å². The molecule has 2 fully saturated rings. The van der Waals surface area contributed by atoms with Crippen LogP contribution in [0.3, 0.4) is 0 Å². The Bertz CT molecular complexity index is 654. The molecule has 0 aliphatic carbocycles. The lowest BCUT2D eigenvalue weighted by Gasteiger charge is -2.32. The molecule has 0 radical (unpaired) electrons. The third kappa shape index (κ3) is 3.30. The van der Waals surface area contributed by atoms with E-state index >= 15 is 0 Å². The van der Waals surface area contributed by atoms with E-state index in [1.807, 2.05) is 0 Å². The van der Waals surface area contributed by atoms with Crippen LogP contribution in [-0.4, -0.2) is 35.0 Å². The summed E-state index contributed by atoms with van der Waals surface area (Å²) in [5.74, 6) is 0. The van der Waals surface area contributed by atoms with Crippen molar-refractivity contribution >= 4 is 23.0 Å². The number of nitrogens with one attached hydrogen (secondary N) is 1. The average molecular weight is 364 g/mol. The predicted molar refractivity (Wildman–Crippen MR) is 84.3 cm³/mol. The highest BCUT2D eigenvalue weighted by molar-refractivity contribution is 6.31. The van der Waals surface area contributed by atoms with Gasteiger partial charge in [-0.15, -0.1) is 0 Å². The van der Waals surface area contributed by atoms with E-state index in [1.54, 1.807) is 0 Å². The molecule has 0 spiro atoms. The van der Waals surface area contributed by atoms with Gasteiger partial charge in [0.05, 0.1) is 15.5 Å². The normalized spacial score (nSPS) is 24.7. The highest BCUT2D eigenvalue weighted by Gasteiger charge is 2.39. The second kappa shape index (κ2) is 6.40. The van der Waals surface area contributed by atoms with Crippen LogP contribution < -0.4 is 5.32 Å². The molecule has 2 aliphatic rings. The molecule has 2 atom stereocenters. The first kappa shape index (κ1) is 17.3. The van der Waals surface area contributed by atoms with Crippen LogP contribution in [0.5, 0.6) is 0 Å². The van der Waals surface area contributed by atoms with Gasteiger partial charge in [-0.3, -0.25) is 15.0 Å². The summed E-state index contributed by atoms with van der Waals surface area (Å²) in [6.07, 6.45) is -0.709. The standard InChI is InChI=1S/C15H17ClF3N3O2/c16-10-8-12(14(22(23)24)7-9(10)15(17,18)19)20-11-4-6-21-5-2-1-3-13(11)21/h7-8,11,13,20H,1-6H2.